The maximum absolute atomic E-state index is 13.4. The summed E-state index contributed by atoms with van der Waals surface area (Å²) in [5, 5.41) is 5.53. The highest BCUT2D eigenvalue weighted by molar-refractivity contribution is 7.99. The summed E-state index contributed by atoms with van der Waals surface area (Å²) in [5.41, 5.74) is 3.04. The first-order valence-corrected chi connectivity index (χ1v) is 10.8. The fraction of sp³-hybridized carbons (Fsp3) is 0.238. The lowest BCUT2D eigenvalue weighted by Gasteiger charge is -2.24. The largest absolute Gasteiger partial charge is 0.497 e. The van der Waals surface area contributed by atoms with E-state index in [1.807, 2.05) is 41.3 Å². The number of carbonyl (C=O) groups is 1. The number of methoxy groups -OCH3 is 1. The van der Waals surface area contributed by atoms with Crippen molar-refractivity contribution in [2.75, 3.05) is 19.4 Å². The molecule has 5 nitrogen and oxygen atoms in total. The van der Waals surface area contributed by atoms with Crippen molar-refractivity contribution in [3.63, 3.8) is 0 Å². The van der Waals surface area contributed by atoms with Gasteiger partial charge in [-0.15, -0.1) is 11.8 Å². The number of amides is 1. The highest BCUT2D eigenvalue weighted by atomic mass is 35.5. The maximum Gasteiger partial charge on any atom is 0.273 e. The van der Waals surface area contributed by atoms with E-state index in [1.54, 1.807) is 42.7 Å². The van der Waals surface area contributed by atoms with E-state index >= 15 is 0 Å². The molecule has 4 rings (SSSR count). The number of carbonyl (C=O) groups excluding carboxylic acids is 1. The Morgan fingerprint density at radius 3 is 2.79 bits per heavy atom. The molecular formula is C21H19Cl2N3O2S. The second kappa shape index (κ2) is 8.30. The van der Waals surface area contributed by atoms with Gasteiger partial charge in [0.25, 0.3) is 5.91 Å². The van der Waals surface area contributed by atoms with E-state index in [9.17, 15) is 4.79 Å². The van der Waals surface area contributed by atoms with Crippen molar-refractivity contribution in [3.05, 3.63) is 69.8 Å². The second-order valence-electron chi connectivity index (χ2n) is 6.66. The number of hydrogen-bond acceptors (Lipinski definition) is 4. The molecule has 1 aliphatic heterocycles. The van der Waals surface area contributed by atoms with Crippen LogP contribution in [0, 0.1) is 0 Å². The van der Waals surface area contributed by atoms with Crippen molar-refractivity contribution in [2.45, 2.75) is 5.37 Å². The molecule has 1 atom stereocenters. The molecule has 1 fully saturated rings. The minimum atomic E-state index is -0.151. The lowest BCUT2D eigenvalue weighted by atomic mass is 10.1. The molecule has 3 aromatic rings. The Morgan fingerprint density at radius 2 is 2.03 bits per heavy atom. The molecule has 1 amide bonds. The van der Waals surface area contributed by atoms with Crippen molar-refractivity contribution >= 4 is 40.9 Å². The van der Waals surface area contributed by atoms with Gasteiger partial charge in [-0.3, -0.25) is 9.48 Å². The smallest absolute Gasteiger partial charge is 0.273 e. The molecule has 1 aliphatic rings. The van der Waals surface area contributed by atoms with Gasteiger partial charge in [-0.1, -0.05) is 41.4 Å². The van der Waals surface area contributed by atoms with Gasteiger partial charge in [0, 0.05) is 40.5 Å². The minimum Gasteiger partial charge on any atom is -0.497 e. The summed E-state index contributed by atoms with van der Waals surface area (Å²) in [7, 11) is 3.41. The van der Waals surface area contributed by atoms with Crippen molar-refractivity contribution in [3.8, 4) is 17.0 Å². The number of aromatic nitrogens is 2. The molecule has 150 valence electrons. The van der Waals surface area contributed by atoms with Crippen molar-refractivity contribution in [2.24, 2.45) is 7.05 Å². The molecule has 8 heteroatoms. The molecule has 1 unspecified atom stereocenters. The van der Waals surface area contributed by atoms with Gasteiger partial charge < -0.3 is 9.64 Å². The molecule has 1 aromatic heterocycles. The van der Waals surface area contributed by atoms with Gasteiger partial charge in [0.15, 0.2) is 0 Å². The van der Waals surface area contributed by atoms with Crippen molar-refractivity contribution in [1.29, 1.82) is 0 Å². The van der Waals surface area contributed by atoms with Crippen LogP contribution in [0.25, 0.3) is 11.3 Å². The molecular weight excluding hydrogens is 429 g/mol. The van der Waals surface area contributed by atoms with Crippen LogP contribution in [0.15, 0.2) is 48.5 Å². The molecule has 29 heavy (non-hydrogen) atoms. The van der Waals surface area contributed by atoms with Crippen LogP contribution in [-0.2, 0) is 7.05 Å². The van der Waals surface area contributed by atoms with Crippen LogP contribution < -0.4 is 4.74 Å². The normalized spacial score (nSPS) is 16.3. The van der Waals surface area contributed by atoms with Crippen molar-refractivity contribution in [1.82, 2.24) is 14.7 Å². The Labute approximate surface area is 183 Å². The van der Waals surface area contributed by atoms with E-state index < -0.39 is 0 Å². The van der Waals surface area contributed by atoms with E-state index in [0.717, 1.165) is 28.3 Å². The summed E-state index contributed by atoms with van der Waals surface area (Å²) in [6.07, 6.45) is 0. The van der Waals surface area contributed by atoms with Gasteiger partial charge in [-0.05, 0) is 30.3 Å². The average molecular weight is 448 g/mol. The van der Waals surface area contributed by atoms with E-state index in [2.05, 4.69) is 5.10 Å². The van der Waals surface area contributed by atoms with Gasteiger partial charge in [0.2, 0.25) is 0 Å². The van der Waals surface area contributed by atoms with Crippen LogP contribution in [0.5, 0.6) is 5.75 Å². The average Bonchev–Trinajstić information content (AvgIpc) is 3.34. The Bertz CT molecular complexity index is 1070. The first kappa shape index (κ1) is 20.1. The number of ether oxygens (including phenoxy) is 1. The summed E-state index contributed by atoms with van der Waals surface area (Å²) >= 11 is 14.1. The van der Waals surface area contributed by atoms with E-state index in [4.69, 9.17) is 27.9 Å². The number of benzene rings is 2. The van der Waals surface area contributed by atoms with Gasteiger partial charge >= 0.3 is 0 Å². The predicted octanol–water partition coefficient (Wildman–Crippen LogP) is 5.29. The molecule has 0 bridgehead atoms. The number of nitrogens with zero attached hydrogens (tertiary/aromatic N) is 3. The zero-order chi connectivity index (χ0) is 20.5. The number of halogens is 2. The topological polar surface area (TPSA) is 47.4 Å². The molecule has 2 aromatic carbocycles. The Morgan fingerprint density at radius 1 is 1.21 bits per heavy atom. The molecule has 0 radical (unpaired) electrons. The molecule has 0 aliphatic carbocycles. The zero-order valence-electron chi connectivity index (χ0n) is 15.9. The number of thioether (sulfide) groups is 1. The quantitative estimate of drug-likeness (QED) is 0.544. The molecule has 0 saturated carbocycles. The standard InChI is InChI=1S/C21H19Cl2N3O2S/c1-25-19(12-18(24-25)13-4-3-5-15(10-13)28-2)20(27)26-8-9-29-21(26)16-7-6-14(22)11-17(16)23/h3-7,10-12,21H,8-9H2,1-2H3. The summed E-state index contributed by atoms with van der Waals surface area (Å²) in [6, 6.07) is 14.8. The molecule has 1 saturated heterocycles. The lowest BCUT2D eigenvalue weighted by molar-refractivity contribution is 0.0749. The third-order valence-corrected chi connectivity index (χ3v) is 6.65. The van der Waals surface area contributed by atoms with Crippen LogP contribution in [0.1, 0.15) is 21.4 Å². The Kier molecular flexibility index (Phi) is 5.76. The van der Waals surface area contributed by atoms with Crippen LogP contribution in [0.3, 0.4) is 0 Å². The fourth-order valence-corrected chi connectivity index (χ4v) is 5.24. The highest BCUT2D eigenvalue weighted by Crippen LogP contribution is 2.42. The SMILES string of the molecule is COc1cccc(-c2cc(C(=O)N3CCSC3c3ccc(Cl)cc3Cl)n(C)n2)c1. The maximum atomic E-state index is 13.4. The van der Waals surface area contributed by atoms with E-state index in [-0.39, 0.29) is 11.3 Å². The second-order valence-corrected chi connectivity index (χ2v) is 8.69. The fourth-order valence-electron chi connectivity index (χ4n) is 3.38. The van der Waals surface area contributed by atoms with E-state index in [0.29, 0.717) is 22.3 Å². The van der Waals surface area contributed by atoms with Crippen LogP contribution >= 0.6 is 35.0 Å². The lowest BCUT2D eigenvalue weighted by Crippen LogP contribution is -2.32. The number of rotatable bonds is 4. The first-order chi connectivity index (χ1) is 14.0. The minimum absolute atomic E-state index is 0.0739. The predicted molar refractivity (Wildman–Crippen MR) is 118 cm³/mol. The van der Waals surface area contributed by atoms with Gasteiger partial charge in [0.1, 0.15) is 16.8 Å². The first-order valence-electron chi connectivity index (χ1n) is 9.04. The highest BCUT2D eigenvalue weighted by Gasteiger charge is 2.34. The van der Waals surface area contributed by atoms with Crippen LogP contribution in [0.4, 0.5) is 0 Å². The monoisotopic (exact) mass is 447 g/mol. The number of hydrogen-bond donors (Lipinski definition) is 0. The van der Waals surface area contributed by atoms with Gasteiger partial charge in [0.05, 0.1) is 12.8 Å². The number of aryl methyl sites for hydroxylation is 1. The summed E-state index contributed by atoms with van der Waals surface area (Å²) in [6.45, 7) is 0.646. The van der Waals surface area contributed by atoms with Gasteiger partial charge in [-0.25, -0.2) is 0 Å². The zero-order valence-corrected chi connectivity index (χ0v) is 18.3. The Balaban J connectivity index is 1.64. The summed E-state index contributed by atoms with van der Waals surface area (Å²) in [4.78, 5) is 15.2. The summed E-state index contributed by atoms with van der Waals surface area (Å²) < 4.78 is 6.92. The third-order valence-electron chi connectivity index (χ3n) is 4.84. The van der Waals surface area contributed by atoms with Gasteiger partial charge in [-0.2, -0.15) is 5.10 Å². The van der Waals surface area contributed by atoms with Crippen LogP contribution in [0.2, 0.25) is 10.0 Å². The molecule has 0 spiro atoms. The van der Waals surface area contributed by atoms with Crippen LogP contribution in [-0.4, -0.2) is 40.0 Å². The summed E-state index contributed by atoms with van der Waals surface area (Å²) in [5.74, 6) is 1.51. The van der Waals surface area contributed by atoms with E-state index in [1.165, 1.54) is 0 Å². The van der Waals surface area contributed by atoms with Crippen molar-refractivity contribution < 1.29 is 9.53 Å². The Hall–Kier alpha value is -2.15. The third kappa shape index (κ3) is 3.97. The molecule has 0 N–H and O–H groups in total. The molecule has 2 heterocycles.